The Labute approximate surface area is 102 Å². The number of sulfonamides is 1. The van der Waals surface area contributed by atoms with Crippen LogP contribution in [-0.4, -0.2) is 21.5 Å². The quantitative estimate of drug-likeness (QED) is 0.829. The van der Waals surface area contributed by atoms with Crippen molar-refractivity contribution in [2.75, 3.05) is 7.05 Å². The molecule has 0 unspecified atom stereocenters. The fraction of sp³-hybridized carbons (Fsp3) is 0.636. The molecule has 1 heterocycles. The van der Waals surface area contributed by atoms with Crippen LogP contribution in [0.1, 0.15) is 25.5 Å². The molecule has 0 spiro atoms. The molecule has 0 radical (unpaired) electrons. The lowest BCUT2D eigenvalue weighted by molar-refractivity contribution is 0.268. The Morgan fingerprint density at radius 1 is 1.41 bits per heavy atom. The molecule has 0 saturated heterocycles. The van der Waals surface area contributed by atoms with Gasteiger partial charge in [0.05, 0.1) is 6.54 Å². The number of rotatable bonds is 5. The van der Waals surface area contributed by atoms with Gasteiger partial charge in [0.1, 0.15) is 5.76 Å². The van der Waals surface area contributed by atoms with Crippen LogP contribution in [0.15, 0.2) is 21.6 Å². The molecule has 6 heteroatoms. The van der Waals surface area contributed by atoms with Crippen LogP contribution in [0.3, 0.4) is 0 Å². The molecule has 0 aliphatic heterocycles. The van der Waals surface area contributed by atoms with Gasteiger partial charge in [0.15, 0.2) is 0 Å². The van der Waals surface area contributed by atoms with Gasteiger partial charge in [-0.3, -0.25) is 0 Å². The van der Waals surface area contributed by atoms with E-state index < -0.39 is 10.0 Å². The minimum absolute atomic E-state index is 0.00213. The van der Waals surface area contributed by atoms with Gasteiger partial charge in [-0.1, -0.05) is 6.92 Å². The van der Waals surface area contributed by atoms with Gasteiger partial charge in [-0.2, -0.15) is 0 Å². The molecule has 0 bridgehead atoms. The lowest BCUT2D eigenvalue weighted by Crippen LogP contribution is -2.43. The summed E-state index contributed by atoms with van der Waals surface area (Å²) < 4.78 is 31.8. The Hall–Kier alpha value is -0.850. The molecule has 1 fully saturated rings. The Morgan fingerprint density at radius 3 is 2.71 bits per heavy atom. The molecule has 0 amide bonds. The smallest absolute Gasteiger partial charge is 0.274 e. The van der Waals surface area contributed by atoms with E-state index in [4.69, 9.17) is 4.42 Å². The fourth-order valence-corrected chi connectivity index (χ4v) is 3.26. The summed E-state index contributed by atoms with van der Waals surface area (Å²) in [5.41, 5.74) is 0. The highest BCUT2D eigenvalue weighted by Gasteiger charge is 2.31. The van der Waals surface area contributed by atoms with E-state index in [-0.39, 0.29) is 11.1 Å². The monoisotopic (exact) mass is 258 g/mol. The van der Waals surface area contributed by atoms with Gasteiger partial charge in [0.25, 0.3) is 10.0 Å². The van der Waals surface area contributed by atoms with E-state index in [1.165, 1.54) is 6.07 Å². The summed E-state index contributed by atoms with van der Waals surface area (Å²) in [6.45, 7) is 2.64. The first-order chi connectivity index (χ1) is 8.01. The maximum absolute atomic E-state index is 11.9. The predicted octanol–water partition coefficient (Wildman–Crippen LogP) is 1.08. The number of hydrogen-bond donors (Lipinski definition) is 2. The molecule has 2 N–H and O–H groups in total. The lowest BCUT2D eigenvalue weighted by Gasteiger charge is -2.32. The fourth-order valence-electron chi connectivity index (χ4n) is 2.05. The second-order valence-electron chi connectivity index (χ2n) is 4.65. The zero-order valence-electron chi connectivity index (χ0n) is 10.1. The number of nitrogens with one attached hydrogen (secondary N) is 2. The zero-order chi connectivity index (χ0) is 12.5. The van der Waals surface area contributed by atoms with Crippen LogP contribution in [0.4, 0.5) is 0 Å². The molecule has 5 nitrogen and oxygen atoms in total. The van der Waals surface area contributed by atoms with Crippen molar-refractivity contribution in [3.63, 3.8) is 0 Å². The first-order valence-electron chi connectivity index (χ1n) is 5.77. The molecule has 1 aliphatic carbocycles. The van der Waals surface area contributed by atoms with Crippen molar-refractivity contribution in [2.24, 2.45) is 5.92 Å². The summed E-state index contributed by atoms with van der Waals surface area (Å²) in [6, 6.07) is 3.24. The van der Waals surface area contributed by atoms with E-state index in [0.717, 1.165) is 12.8 Å². The maximum atomic E-state index is 11.9. The van der Waals surface area contributed by atoms with E-state index in [1.807, 2.05) is 0 Å². The van der Waals surface area contributed by atoms with Crippen LogP contribution in [0.25, 0.3) is 0 Å². The summed E-state index contributed by atoms with van der Waals surface area (Å²) in [5, 5.41) is 2.91. The Kier molecular flexibility index (Phi) is 3.56. The Balaban J connectivity index is 2.03. The largest absolute Gasteiger partial charge is 0.447 e. The van der Waals surface area contributed by atoms with Crippen molar-refractivity contribution < 1.29 is 12.8 Å². The molecule has 1 aromatic heterocycles. The summed E-state index contributed by atoms with van der Waals surface area (Å²) in [5.74, 6) is 1.23. The van der Waals surface area contributed by atoms with Gasteiger partial charge in [-0.25, -0.2) is 13.1 Å². The summed E-state index contributed by atoms with van der Waals surface area (Å²) in [4.78, 5) is 0. The van der Waals surface area contributed by atoms with Gasteiger partial charge in [0.2, 0.25) is 5.09 Å². The van der Waals surface area contributed by atoms with E-state index in [0.29, 0.717) is 18.2 Å². The van der Waals surface area contributed by atoms with Crippen molar-refractivity contribution in [1.82, 2.24) is 10.0 Å². The van der Waals surface area contributed by atoms with Crippen molar-refractivity contribution >= 4 is 10.0 Å². The average Bonchev–Trinajstić information content (AvgIpc) is 2.65. The van der Waals surface area contributed by atoms with Gasteiger partial charge in [0, 0.05) is 6.04 Å². The standard InChI is InChI=1S/C11H18N2O3S/c1-8-5-9(6-8)13-17(14,15)11-4-3-10(16-11)7-12-2/h3-4,8-9,12-13H,5-7H2,1-2H3. The first-order valence-corrected chi connectivity index (χ1v) is 7.25. The molecule has 1 aliphatic rings. The third-order valence-electron chi connectivity index (χ3n) is 2.95. The minimum atomic E-state index is -3.49. The van der Waals surface area contributed by atoms with Crippen molar-refractivity contribution in [3.05, 3.63) is 17.9 Å². The van der Waals surface area contributed by atoms with Crippen LogP contribution >= 0.6 is 0 Å². The third-order valence-corrected chi connectivity index (χ3v) is 4.34. The van der Waals surface area contributed by atoms with Crippen LogP contribution in [0.5, 0.6) is 0 Å². The molecule has 96 valence electrons. The topological polar surface area (TPSA) is 71.3 Å². The highest BCUT2D eigenvalue weighted by molar-refractivity contribution is 7.89. The third kappa shape index (κ3) is 2.88. The van der Waals surface area contributed by atoms with E-state index in [9.17, 15) is 8.42 Å². The summed E-state index contributed by atoms with van der Waals surface area (Å²) >= 11 is 0. The minimum Gasteiger partial charge on any atom is -0.447 e. The first kappa shape index (κ1) is 12.6. The summed E-state index contributed by atoms with van der Waals surface area (Å²) in [6.07, 6.45) is 1.81. The van der Waals surface area contributed by atoms with Gasteiger partial charge < -0.3 is 9.73 Å². The normalized spacial score (nSPS) is 24.6. The Morgan fingerprint density at radius 2 is 2.12 bits per heavy atom. The number of hydrogen-bond acceptors (Lipinski definition) is 4. The molecule has 2 rings (SSSR count). The average molecular weight is 258 g/mol. The lowest BCUT2D eigenvalue weighted by atomic mass is 9.83. The maximum Gasteiger partial charge on any atom is 0.274 e. The van der Waals surface area contributed by atoms with Gasteiger partial charge in [-0.15, -0.1) is 0 Å². The summed E-state index contributed by atoms with van der Waals surface area (Å²) in [7, 11) is -1.70. The van der Waals surface area contributed by atoms with E-state index in [1.54, 1.807) is 13.1 Å². The molecule has 0 atom stereocenters. The SMILES string of the molecule is CNCc1ccc(S(=O)(=O)NC2CC(C)C2)o1. The predicted molar refractivity (Wildman–Crippen MR) is 64.0 cm³/mol. The van der Waals surface area contributed by atoms with Crippen molar-refractivity contribution in [3.8, 4) is 0 Å². The van der Waals surface area contributed by atoms with Crippen molar-refractivity contribution in [1.29, 1.82) is 0 Å². The molecule has 17 heavy (non-hydrogen) atoms. The second-order valence-corrected chi connectivity index (χ2v) is 6.29. The second kappa shape index (κ2) is 4.80. The highest BCUT2D eigenvalue weighted by atomic mass is 32.2. The molecular formula is C11H18N2O3S. The van der Waals surface area contributed by atoms with Crippen LogP contribution in [0, 0.1) is 5.92 Å². The molecule has 0 aromatic carbocycles. The molecule has 1 saturated carbocycles. The molecule has 1 aromatic rings. The van der Waals surface area contributed by atoms with Gasteiger partial charge >= 0.3 is 0 Å². The van der Waals surface area contributed by atoms with E-state index in [2.05, 4.69) is 17.0 Å². The van der Waals surface area contributed by atoms with Gasteiger partial charge in [-0.05, 0) is 37.9 Å². The van der Waals surface area contributed by atoms with E-state index >= 15 is 0 Å². The van der Waals surface area contributed by atoms with Crippen LogP contribution in [0.2, 0.25) is 0 Å². The van der Waals surface area contributed by atoms with Crippen LogP contribution in [-0.2, 0) is 16.6 Å². The Bertz CT molecular complexity index is 475. The zero-order valence-corrected chi connectivity index (χ0v) is 10.9. The number of furan rings is 1. The van der Waals surface area contributed by atoms with Crippen LogP contribution < -0.4 is 10.0 Å². The highest BCUT2D eigenvalue weighted by Crippen LogP contribution is 2.28. The van der Waals surface area contributed by atoms with Crippen molar-refractivity contribution in [2.45, 2.75) is 37.4 Å². The molecular weight excluding hydrogens is 240 g/mol.